The van der Waals surface area contributed by atoms with Crippen molar-refractivity contribution in [2.24, 2.45) is 0 Å². The first-order chi connectivity index (χ1) is 12.1. The fraction of sp³-hybridized carbons (Fsp3) is 0.300. The Morgan fingerprint density at radius 3 is 2.28 bits per heavy atom. The van der Waals surface area contributed by atoms with Crippen LogP contribution in [0.1, 0.15) is 40.4 Å². The molecule has 1 aliphatic heterocycles. The van der Waals surface area contributed by atoms with E-state index in [1.807, 2.05) is 23.1 Å². The van der Waals surface area contributed by atoms with Gasteiger partial charge in [0, 0.05) is 25.2 Å². The number of aliphatic hydroxyl groups is 1. The van der Waals surface area contributed by atoms with Crippen LogP contribution < -0.4 is 5.32 Å². The Morgan fingerprint density at radius 2 is 1.64 bits per heavy atom. The Bertz CT molecular complexity index is 722. The van der Waals surface area contributed by atoms with Gasteiger partial charge in [0.05, 0.1) is 0 Å². The number of hydrogen-bond donors (Lipinski definition) is 2. The summed E-state index contributed by atoms with van der Waals surface area (Å²) in [5, 5.41) is 12.8. The summed E-state index contributed by atoms with van der Waals surface area (Å²) in [6.07, 6.45) is 0.955. The quantitative estimate of drug-likeness (QED) is 0.879. The summed E-state index contributed by atoms with van der Waals surface area (Å²) in [6, 6.07) is 16.1. The molecule has 0 aromatic heterocycles. The fourth-order valence-electron chi connectivity index (χ4n) is 2.94. The maximum absolute atomic E-state index is 12.3. The highest BCUT2D eigenvalue weighted by atomic mass is 16.3. The lowest BCUT2D eigenvalue weighted by Crippen LogP contribution is -2.29. The third-order valence-corrected chi connectivity index (χ3v) is 4.42. The van der Waals surface area contributed by atoms with Crippen molar-refractivity contribution in [3.05, 3.63) is 71.3 Å². The second-order valence-electron chi connectivity index (χ2n) is 6.23. The lowest BCUT2D eigenvalue weighted by Gasteiger charge is -2.15. The molecule has 0 radical (unpaired) electrons. The van der Waals surface area contributed by atoms with Crippen molar-refractivity contribution in [1.29, 1.82) is 0 Å². The summed E-state index contributed by atoms with van der Waals surface area (Å²) in [5.41, 5.74) is 2.11. The Morgan fingerprint density at radius 1 is 1.00 bits per heavy atom. The van der Waals surface area contributed by atoms with E-state index in [0.29, 0.717) is 17.7 Å². The molecule has 0 bridgehead atoms. The van der Waals surface area contributed by atoms with Gasteiger partial charge in [-0.25, -0.2) is 0 Å². The lowest BCUT2D eigenvalue weighted by atomic mass is 10.1. The molecule has 5 heteroatoms. The highest BCUT2D eigenvalue weighted by Gasteiger charge is 2.19. The van der Waals surface area contributed by atoms with E-state index in [-0.39, 0.29) is 5.91 Å². The number of likely N-dealkylation sites (tertiary alicyclic amines) is 1. The molecule has 3 rings (SSSR count). The van der Waals surface area contributed by atoms with E-state index < -0.39 is 12.0 Å². The second kappa shape index (κ2) is 7.94. The van der Waals surface area contributed by atoms with Crippen molar-refractivity contribution in [3.63, 3.8) is 0 Å². The van der Waals surface area contributed by atoms with E-state index in [9.17, 15) is 14.7 Å². The van der Waals surface area contributed by atoms with Crippen LogP contribution in [-0.4, -0.2) is 34.9 Å². The van der Waals surface area contributed by atoms with E-state index in [0.717, 1.165) is 31.5 Å². The third-order valence-electron chi connectivity index (χ3n) is 4.42. The molecule has 0 saturated carbocycles. The van der Waals surface area contributed by atoms with Gasteiger partial charge in [-0.1, -0.05) is 42.5 Å². The minimum atomic E-state index is -1.18. The van der Waals surface area contributed by atoms with Crippen LogP contribution in [0.2, 0.25) is 0 Å². The van der Waals surface area contributed by atoms with Gasteiger partial charge >= 0.3 is 0 Å². The van der Waals surface area contributed by atoms with Crippen LogP contribution >= 0.6 is 0 Å². The van der Waals surface area contributed by atoms with Gasteiger partial charge < -0.3 is 15.3 Å². The number of carbonyl (C=O) groups is 2. The Kier molecular flexibility index (Phi) is 5.46. The van der Waals surface area contributed by atoms with Crippen molar-refractivity contribution in [1.82, 2.24) is 10.2 Å². The van der Waals surface area contributed by atoms with Crippen LogP contribution in [0.5, 0.6) is 0 Å². The summed E-state index contributed by atoms with van der Waals surface area (Å²) >= 11 is 0. The smallest absolute Gasteiger partial charge is 0.253 e. The summed E-state index contributed by atoms with van der Waals surface area (Å²) in [5.74, 6) is -0.379. The molecule has 1 atom stereocenters. The molecule has 2 aromatic rings. The van der Waals surface area contributed by atoms with Crippen LogP contribution in [0.25, 0.3) is 0 Å². The predicted octanol–water partition coefficient (Wildman–Crippen LogP) is 2.27. The second-order valence-corrected chi connectivity index (χ2v) is 6.23. The molecule has 2 aromatic carbocycles. The zero-order valence-electron chi connectivity index (χ0n) is 14.0. The SMILES string of the molecule is O=C(NCc1ccc(C(=O)N2CCCC2)cc1)[C@H](O)c1ccccc1. The molecule has 2 amide bonds. The summed E-state index contributed by atoms with van der Waals surface area (Å²) < 4.78 is 0. The zero-order valence-corrected chi connectivity index (χ0v) is 14.0. The maximum Gasteiger partial charge on any atom is 0.253 e. The molecule has 25 heavy (non-hydrogen) atoms. The van der Waals surface area contributed by atoms with Crippen LogP contribution in [0.15, 0.2) is 54.6 Å². The Balaban J connectivity index is 1.55. The third kappa shape index (κ3) is 4.25. The van der Waals surface area contributed by atoms with Gasteiger partial charge in [0.15, 0.2) is 6.10 Å². The van der Waals surface area contributed by atoms with Crippen LogP contribution in [0, 0.1) is 0 Å². The molecule has 2 N–H and O–H groups in total. The van der Waals surface area contributed by atoms with Gasteiger partial charge in [-0.15, -0.1) is 0 Å². The number of amides is 2. The topological polar surface area (TPSA) is 69.6 Å². The minimum absolute atomic E-state index is 0.0626. The molecule has 1 saturated heterocycles. The first-order valence-electron chi connectivity index (χ1n) is 8.54. The number of hydrogen-bond acceptors (Lipinski definition) is 3. The van der Waals surface area contributed by atoms with Gasteiger partial charge in [0.2, 0.25) is 0 Å². The van der Waals surface area contributed by atoms with Crippen LogP contribution in [-0.2, 0) is 11.3 Å². The van der Waals surface area contributed by atoms with E-state index in [2.05, 4.69) is 5.32 Å². The number of carbonyl (C=O) groups excluding carboxylic acids is 2. The monoisotopic (exact) mass is 338 g/mol. The van der Waals surface area contributed by atoms with Crippen LogP contribution in [0.4, 0.5) is 0 Å². The maximum atomic E-state index is 12.3. The average molecular weight is 338 g/mol. The largest absolute Gasteiger partial charge is 0.378 e. The average Bonchev–Trinajstić information content (AvgIpc) is 3.21. The van der Waals surface area contributed by atoms with Crippen LogP contribution in [0.3, 0.4) is 0 Å². The standard InChI is InChI=1S/C20H22N2O3/c23-18(16-6-2-1-3-7-16)19(24)21-14-15-8-10-17(11-9-15)20(25)22-12-4-5-13-22/h1-3,6-11,18,23H,4-5,12-14H2,(H,21,24)/t18-/m1/s1. The van der Waals surface area contributed by atoms with E-state index in [1.54, 1.807) is 36.4 Å². The van der Waals surface area contributed by atoms with Crippen molar-refractivity contribution >= 4 is 11.8 Å². The molecule has 130 valence electrons. The molecule has 0 unspecified atom stereocenters. The van der Waals surface area contributed by atoms with Gasteiger partial charge in [-0.05, 0) is 36.1 Å². The highest BCUT2D eigenvalue weighted by Crippen LogP contribution is 2.15. The molecule has 0 spiro atoms. The van der Waals surface area contributed by atoms with Gasteiger partial charge in [-0.2, -0.15) is 0 Å². The molecule has 1 heterocycles. The molecule has 0 aliphatic carbocycles. The lowest BCUT2D eigenvalue weighted by molar-refractivity contribution is -0.129. The number of rotatable bonds is 5. The number of benzene rings is 2. The number of nitrogens with one attached hydrogen (secondary N) is 1. The zero-order chi connectivity index (χ0) is 17.6. The van der Waals surface area contributed by atoms with Gasteiger partial charge in [0.25, 0.3) is 11.8 Å². The minimum Gasteiger partial charge on any atom is -0.378 e. The summed E-state index contributed by atoms with van der Waals surface area (Å²) in [4.78, 5) is 26.2. The molecule has 5 nitrogen and oxygen atoms in total. The van der Waals surface area contributed by atoms with Crippen molar-refractivity contribution in [3.8, 4) is 0 Å². The first kappa shape index (κ1) is 17.2. The van der Waals surface area contributed by atoms with E-state index in [1.165, 1.54) is 0 Å². The van der Waals surface area contributed by atoms with E-state index >= 15 is 0 Å². The molecular formula is C20H22N2O3. The summed E-state index contributed by atoms with van der Waals surface area (Å²) in [7, 11) is 0. The number of nitrogens with zero attached hydrogens (tertiary/aromatic N) is 1. The number of aliphatic hydroxyl groups excluding tert-OH is 1. The highest BCUT2D eigenvalue weighted by molar-refractivity contribution is 5.94. The summed E-state index contributed by atoms with van der Waals surface area (Å²) in [6.45, 7) is 1.96. The Labute approximate surface area is 147 Å². The van der Waals surface area contributed by atoms with Crippen molar-refractivity contribution in [2.75, 3.05) is 13.1 Å². The van der Waals surface area contributed by atoms with Crippen molar-refractivity contribution < 1.29 is 14.7 Å². The molecule has 1 aliphatic rings. The van der Waals surface area contributed by atoms with Gasteiger partial charge in [-0.3, -0.25) is 9.59 Å². The fourth-order valence-corrected chi connectivity index (χ4v) is 2.94. The molecule has 1 fully saturated rings. The Hall–Kier alpha value is -2.66. The first-order valence-corrected chi connectivity index (χ1v) is 8.54. The van der Waals surface area contributed by atoms with Gasteiger partial charge in [0.1, 0.15) is 0 Å². The van der Waals surface area contributed by atoms with E-state index in [4.69, 9.17) is 0 Å². The molecular weight excluding hydrogens is 316 g/mol. The van der Waals surface area contributed by atoms with Crippen molar-refractivity contribution in [2.45, 2.75) is 25.5 Å². The normalized spacial score (nSPS) is 15.0. The predicted molar refractivity (Wildman–Crippen MR) is 94.8 cm³/mol.